The molecule has 8 heteroatoms. The molecule has 0 aromatic carbocycles. The van der Waals surface area contributed by atoms with Crippen molar-refractivity contribution >= 4 is 17.5 Å². The first-order valence-electron chi connectivity index (χ1n) is 6.12. The summed E-state index contributed by atoms with van der Waals surface area (Å²) < 4.78 is 9.70. The van der Waals surface area contributed by atoms with E-state index in [2.05, 4.69) is 15.0 Å². The lowest BCUT2D eigenvalue weighted by molar-refractivity contribution is -0.384. The number of nitro groups is 1. The Morgan fingerprint density at radius 2 is 2.29 bits per heavy atom. The van der Waals surface area contributed by atoms with Gasteiger partial charge in [-0.2, -0.15) is 0 Å². The quantitative estimate of drug-likeness (QED) is 0.492. The van der Waals surface area contributed by atoms with Gasteiger partial charge < -0.3 is 14.5 Å². The van der Waals surface area contributed by atoms with Crippen molar-refractivity contribution in [3.8, 4) is 0 Å². The lowest BCUT2D eigenvalue weighted by atomic mass is 10.3. The van der Waals surface area contributed by atoms with E-state index in [4.69, 9.17) is 4.42 Å². The van der Waals surface area contributed by atoms with Gasteiger partial charge in [-0.05, 0) is 18.2 Å². The first-order valence-corrected chi connectivity index (χ1v) is 6.12. The van der Waals surface area contributed by atoms with Gasteiger partial charge in [0.15, 0.2) is 5.69 Å². The fraction of sp³-hybridized carbons (Fsp3) is 0.231. The average molecular weight is 291 g/mol. The van der Waals surface area contributed by atoms with Gasteiger partial charge in [0.2, 0.25) is 5.82 Å². The number of carbonyl (C=O) groups excluding carboxylic acids is 1. The van der Waals surface area contributed by atoms with Gasteiger partial charge in [-0.3, -0.25) is 10.1 Å². The lowest BCUT2D eigenvalue weighted by Gasteiger charge is -2.06. The highest BCUT2D eigenvalue weighted by atomic mass is 16.6. The Morgan fingerprint density at radius 1 is 1.48 bits per heavy atom. The number of pyridine rings is 1. The molecule has 0 radical (unpaired) electrons. The third-order valence-corrected chi connectivity index (χ3v) is 2.71. The van der Waals surface area contributed by atoms with Crippen molar-refractivity contribution in [2.75, 3.05) is 19.0 Å². The summed E-state index contributed by atoms with van der Waals surface area (Å²) in [5.74, 6) is 0.114. The maximum absolute atomic E-state index is 11.4. The Labute approximate surface area is 119 Å². The minimum Gasteiger partial charge on any atom is -0.469 e. The molecule has 0 amide bonds. The molecular weight excluding hydrogens is 278 g/mol. The maximum atomic E-state index is 11.4. The molecule has 0 aliphatic carbocycles. The molecule has 0 aliphatic heterocycles. The van der Waals surface area contributed by atoms with Gasteiger partial charge in [-0.25, -0.2) is 9.78 Å². The number of hydrogen-bond donors (Lipinski definition) is 1. The number of nitrogens with one attached hydrogen (secondary N) is 1. The summed E-state index contributed by atoms with van der Waals surface area (Å²) in [6.45, 7) is 0.381. The summed E-state index contributed by atoms with van der Waals surface area (Å²) in [6.07, 6.45) is 2.09. The van der Waals surface area contributed by atoms with Crippen LogP contribution in [0.1, 0.15) is 16.2 Å². The summed E-state index contributed by atoms with van der Waals surface area (Å²) in [6, 6.07) is 6.03. The molecule has 8 nitrogen and oxygen atoms in total. The summed E-state index contributed by atoms with van der Waals surface area (Å²) in [7, 11) is 1.22. The Bertz CT molecular complexity index is 639. The lowest BCUT2D eigenvalue weighted by Crippen LogP contribution is -2.11. The number of ether oxygens (including phenoxy) is 1. The number of nitrogens with zero attached hydrogens (tertiary/aromatic N) is 2. The first kappa shape index (κ1) is 14.5. The molecule has 1 N–H and O–H groups in total. The maximum Gasteiger partial charge on any atom is 0.356 e. The van der Waals surface area contributed by atoms with Gasteiger partial charge in [0.05, 0.1) is 18.3 Å². The van der Waals surface area contributed by atoms with Gasteiger partial charge in [0.1, 0.15) is 5.76 Å². The fourth-order valence-electron chi connectivity index (χ4n) is 1.71. The summed E-state index contributed by atoms with van der Waals surface area (Å²) >= 11 is 0. The zero-order valence-corrected chi connectivity index (χ0v) is 11.2. The first-order chi connectivity index (χ1) is 10.1. The molecule has 0 spiro atoms. The number of aromatic nitrogens is 1. The second-order valence-electron chi connectivity index (χ2n) is 4.07. The number of methoxy groups -OCH3 is 1. The smallest absolute Gasteiger partial charge is 0.356 e. The molecule has 2 aromatic rings. The van der Waals surface area contributed by atoms with Crippen molar-refractivity contribution in [2.45, 2.75) is 6.42 Å². The van der Waals surface area contributed by atoms with Gasteiger partial charge in [-0.1, -0.05) is 0 Å². The van der Waals surface area contributed by atoms with Crippen LogP contribution in [-0.4, -0.2) is 29.5 Å². The monoisotopic (exact) mass is 291 g/mol. The van der Waals surface area contributed by atoms with E-state index in [9.17, 15) is 14.9 Å². The predicted octanol–water partition coefficient (Wildman–Crippen LogP) is 2.02. The molecule has 2 heterocycles. The number of rotatable bonds is 6. The Hall–Kier alpha value is -2.90. The molecule has 0 fully saturated rings. The van der Waals surface area contributed by atoms with Crippen LogP contribution in [0.2, 0.25) is 0 Å². The number of hydrogen-bond acceptors (Lipinski definition) is 7. The highest BCUT2D eigenvalue weighted by molar-refractivity contribution is 5.88. The Kier molecular flexibility index (Phi) is 4.50. The summed E-state index contributed by atoms with van der Waals surface area (Å²) in [5.41, 5.74) is -0.203. The van der Waals surface area contributed by atoms with Crippen LogP contribution >= 0.6 is 0 Å². The Balaban J connectivity index is 2.14. The van der Waals surface area contributed by atoms with E-state index < -0.39 is 10.9 Å². The van der Waals surface area contributed by atoms with Gasteiger partial charge in [0, 0.05) is 19.0 Å². The van der Waals surface area contributed by atoms with Crippen LogP contribution in [0.15, 0.2) is 34.9 Å². The van der Waals surface area contributed by atoms with E-state index in [1.165, 1.54) is 19.2 Å². The van der Waals surface area contributed by atoms with Crippen LogP contribution in [0.25, 0.3) is 0 Å². The van der Waals surface area contributed by atoms with Gasteiger partial charge in [-0.15, -0.1) is 0 Å². The minimum absolute atomic E-state index is 0.00333. The third-order valence-electron chi connectivity index (χ3n) is 2.71. The normalized spacial score (nSPS) is 10.1. The van der Waals surface area contributed by atoms with E-state index in [-0.39, 0.29) is 17.2 Å². The van der Waals surface area contributed by atoms with Crippen LogP contribution in [0.5, 0.6) is 0 Å². The molecule has 2 aromatic heterocycles. The molecule has 0 saturated carbocycles. The van der Waals surface area contributed by atoms with Gasteiger partial charge in [0.25, 0.3) is 0 Å². The molecule has 110 valence electrons. The van der Waals surface area contributed by atoms with Crippen molar-refractivity contribution in [1.29, 1.82) is 0 Å². The van der Waals surface area contributed by atoms with Crippen molar-refractivity contribution < 1.29 is 18.9 Å². The zero-order chi connectivity index (χ0) is 15.2. The second-order valence-corrected chi connectivity index (χ2v) is 4.07. The van der Waals surface area contributed by atoms with Crippen LogP contribution in [0.4, 0.5) is 11.5 Å². The fourth-order valence-corrected chi connectivity index (χ4v) is 1.71. The molecule has 2 rings (SSSR count). The standard InChI is InChI=1S/C13H13N3O5/c1-20-13(17)10-4-5-11(16(18)19)12(15-10)14-7-6-9-3-2-8-21-9/h2-5,8H,6-7H2,1H3,(H,14,15). The van der Waals surface area contributed by atoms with Crippen LogP contribution < -0.4 is 5.32 Å². The third kappa shape index (κ3) is 3.56. The summed E-state index contributed by atoms with van der Waals surface area (Å²) in [5, 5.41) is 13.8. The largest absolute Gasteiger partial charge is 0.469 e. The molecule has 21 heavy (non-hydrogen) atoms. The van der Waals surface area contributed by atoms with E-state index in [1.807, 2.05) is 0 Å². The van der Waals surface area contributed by atoms with Crippen LogP contribution in [0.3, 0.4) is 0 Å². The second kappa shape index (κ2) is 6.51. The van der Waals surface area contributed by atoms with E-state index >= 15 is 0 Å². The highest BCUT2D eigenvalue weighted by Gasteiger charge is 2.18. The zero-order valence-electron chi connectivity index (χ0n) is 11.2. The van der Waals surface area contributed by atoms with E-state index in [0.29, 0.717) is 13.0 Å². The number of anilines is 1. The number of esters is 1. The minimum atomic E-state index is -0.654. The van der Waals surface area contributed by atoms with Crippen LogP contribution in [0, 0.1) is 10.1 Å². The molecule has 0 saturated heterocycles. The molecule has 0 bridgehead atoms. The predicted molar refractivity (Wildman–Crippen MR) is 73.1 cm³/mol. The molecule has 0 atom stereocenters. The van der Waals surface area contributed by atoms with Crippen molar-refractivity contribution in [3.63, 3.8) is 0 Å². The number of carbonyl (C=O) groups is 1. The summed E-state index contributed by atoms with van der Waals surface area (Å²) in [4.78, 5) is 25.7. The molecule has 0 aliphatic rings. The topological polar surface area (TPSA) is 108 Å². The van der Waals surface area contributed by atoms with Crippen molar-refractivity contribution in [1.82, 2.24) is 4.98 Å². The van der Waals surface area contributed by atoms with Crippen LogP contribution in [-0.2, 0) is 11.2 Å². The molecular formula is C13H13N3O5. The van der Waals surface area contributed by atoms with Crippen molar-refractivity contribution in [2.24, 2.45) is 0 Å². The average Bonchev–Trinajstić information content (AvgIpc) is 2.99. The van der Waals surface area contributed by atoms with E-state index in [0.717, 1.165) is 5.76 Å². The highest BCUT2D eigenvalue weighted by Crippen LogP contribution is 2.22. The Morgan fingerprint density at radius 3 is 2.90 bits per heavy atom. The van der Waals surface area contributed by atoms with E-state index in [1.54, 1.807) is 18.4 Å². The number of furan rings is 1. The molecule has 0 unspecified atom stereocenters. The van der Waals surface area contributed by atoms with Gasteiger partial charge >= 0.3 is 11.7 Å². The SMILES string of the molecule is COC(=O)c1ccc([N+](=O)[O-])c(NCCc2ccco2)n1. The van der Waals surface area contributed by atoms with Crippen molar-refractivity contribution in [3.05, 3.63) is 52.1 Å².